The van der Waals surface area contributed by atoms with E-state index in [2.05, 4.69) is 14.8 Å². The van der Waals surface area contributed by atoms with E-state index in [4.69, 9.17) is 34.8 Å². The van der Waals surface area contributed by atoms with Crippen molar-refractivity contribution in [3.8, 4) is 0 Å². The zero-order chi connectivity index (χ0) is 30.3. The zero-order valence-electron chi connectivity index (χ0n) is 23.3. The third kappa shape index (κ3) is 6.50. The van der Waals surface area contributed by atoms with E-state index < -0.39 is 15.8 Å². The second-order valence-electron chi connectivity index (χ2n) is 11.2. The molecule has 2 bridgehead atoms. The highest BCUT2D eigenvalue weighted by Crippen LogP contribution is 2.37. The molecule has 3 aromatic rings. The van der Waals surface area contributed by atoms with Crippen molar-refractivity contribution in [3.05, 3.63) is 86.7 Å². The maximum Gasteiger partial charge on any atom is 0.255 e. The molecule has 6 rings (SSSR count). The van der Waals surface area contributed by atoms with E-state index in [0.717, 1.165) is 31.9 Å². The lowest BCUT2D eigenvalue weighted by molar-refractivity contribution is 0.0717. The minimum Gasteiger partial charge on any atom is -0.347 e. The summed E-state index contributed by atoms with van der Waals surface area (Å²) in [6.45, 7) is 3.71. The van der Waals surface area contributed by atoms with Gasteiger partial charge in [-0.1, -0.05) is 46.9 Å². The molecule has 228 valence electrons. The fourth-order valence-electron chi connectivity index (χ4n) is 6.30. The van der Waals surface area contributed by atoms with Crippen LogP contribution >= 0.6 is 34.8 Å². The molecular weight excluding hydrogens is 636 g/mol. The molecule has 13 heteroatoms. The van der Waals surface area contributed by atoms with Crippen LogP contribution in [-0.4, -0.2) is 91.3 Å². The molecule has 3 aliphatic rings. The fourth-order valence-corrected chi connectivity index (χ4v) is 8.40. The topological polar surface area (TPSA) is 77.1 Å². The minimum atomic E-state index is -3.79. The molecule has 0 aliphatic carbocycles. The molecule has 0 spiro atoms. The lowest BCUT2D eigenvalue weighted by Gasteiger charge is -2.42. The third-order valence-corrected chi connectivity index (χ3v) is 11.2. The summed E-state index contributed by atoms with van der Waals surface area (Å²) in [6.07, 6.45) is 2.51. The van der Waals surface area contributed by atoms with Crippen LogP contribution in [0.25, 0.3) is 0 Å². The quantitative estimate of drug-likeness (QED) is 0.322. The van der Waals surface area contributed by atoms with Crippen molar-refractivity contribution < 1.29 is 17.6 Å². The normalized spacial score (nSPS) is 21.4. The third-order valence-electron chi connectivity index (χ3n) is 8.55. The molecule has 2 atom stereocenters. The number of benzene rings is 2. The molecule has 43 heavy (non-hydrogen) atoms. The van der Waals surface area contributed by atoms with E-state index in [1.807, 2.05) is 24.3 Å². The number of sulfonamides is 1. The maximum absolute atomic E-state index is 13.7. The Kier molecular flexibility index (Phi) is 8.88. The highest BCUT2D eigenvalue weighted by Gasteiger charge is 2.43. The van der Waals surface area contributed by atoms with E-state index in [1.54, 1.807) is 11.0 Å². The van der Waals surface area contributed by atoms with Gasteiger partial charge < -0.3 is 14.7 Å². The number of carbonyl (C=O) groups is 1. The molecule has 3 saturated heterocycles. The van der Waals surface area contributed by atoms with Crippen molar-refractivity contribution in [2.75, 3.05) is 50.7 Å². The van der Waals surface area contributed by atoms with Crippen LogP contribution in [0, 0.1) is 5.82 Å². The van der Waals surface area contributed by atoms with Crippen LogP contribution in [0.2, 0.25) is 15.2 Å². The predicted octanol–water partition coefficient (Wildman–Crippen LogP) is 5.22. The fraction of sp³-hybridized carbons (Fsp3) is 0.400. The maximum atomic E-state index is 13.7. The number of amides is 1. The van der Waals surface area contributed by atoms with Crippen molar-refractivity contribution in [1.82, 2.24) is 19.1 Å². The number of pyridine rings is 1. The molecule has 3 fully saturated rings. The lowest BCUT2D eigenvalue weighted by Crippen LogP contribution is -2.55. The standard InChI is InChI=1S/C30H31Cl3FN5O3S/c31-21-3-1-20(2-4-21)9-10-36-11-13-38(14-12-36)43(41,42)25-16-28(33)35-29(17-25)39-23-6-7-24(39)19-37(18-23)30(40)26-8-5-22(34)15-27(26)32/h1-5,8,15-17,23-24H,6-7,9-14,18-19H2. The first-order valence-corrected chi connectivity index (χ1v) is 16.8. The van der Waals surface area contributed by atoms with Crippen LogP contribution < -0.4 is 4.90 Å². The van der Waals surface area contributed by atoms with Gasteiger partial charge >= 0.3 is 0 Å². The largest absolute Gasteiger partial charge is 0.347 e. The molecule has 0 N–H and O–H groups in total. The molecule has 0 radical (unpaired) electrons. The molecule has 0 saturated carbocycles. The van der Waals surface area contributed by atoms with Crippen LogP contribution in [0.5, 0.6) is 0 Å². The Morgan fingerprint density at radius 3 is 2.23 bits per heavy atom. The predicted molar refractivity (Wildman–Crippen MR) is 166 cm³/mol. The molecule has 2 unspecified atom stereocenters. The van der Waals surface area contributed by atoms with Crippen LogP contribution in [0.3, 0.4) is 0 Å². The summed E-state index contributed by atoms with van der Waals surface area (Å²) in [4.78, 5) is 23.9. The Balaban J connectivity index is 1.12. The smallest absolute Gasteiger partial charge is 0.255 e. The first-order chi connectivity index (χ1) is 20.6. The summed E-state index contributed by atoms with van der Waals surface area (Å²) in [7, 11) is -3.79. The van der Waals surface area contributed by atoms with Crippen molar-refractivity contribution in [3.63, 3.8) is 0 Å². The summed E-state index contributed by atoms with van der Waals surface area (Å²) in [5.74, 6) is -0.261. The zero-order valence-corrected chi connectivity index (χ0v) is 26.4. The minimum absolute atomic E-state index is 0.0624. The first kappa shape index (κ1) is 30.6. The summed E-state index contributed by atoms with van der Waals surface area (Å²) < 4.78 is 42.5. The first-order valence-electron chi connectivity index (χ1n) is 14.3. The SMILES string of the molecule is O=C(c1ccc(F)cc1Cl)N1CC2CCC(C1)N2c1cc(S(=O)(=O)N2CCN(CCc3ccc(Cl)cc3)CC2)cc(Cl)n1. The van der Waals surface area contributed by atoms with Crippen molar-refractivity contribution in [2.45, 2.75) is 36.2 Å². The van der Waals surface area contributed by atoms with E-state index in [9.17, 15) is 17.6 Å². The Bertz CT molecular complexity index is 1610. The van der Waals surface area contributed by atoms with Crippen molar-refractivity contribution in [2.24, 2.45) is 0 Å². The number of likely N-dealkylation sites (tertiary alicyclic amines) is 1. The van der Waals surface area contributed by atoms with Gasteiger partial charge in [0, 0.05) is 69.0 Å². The molecule has 8 nitrogen and oxygen atoms in total. The summed E-state index contributed by atoms with van der Waals surface area (Å²) in [5.41, 5.74) is 1.45. The van der Waals surface area contributed by atoms with Gasteiger partial charge in [-0.25, -0.2) is 17.8 Å². The second-order valence-corrected chi connectivity index (χ2v) is 14.4. The summed E-state index contributed by atoms with van der Waals surface area (Å²) in [5, 5.41) is 0.890. The van der Waals surface area contributed by atoms with E-state index in [0.29, 0.717) is 50.1 Å². The Morgan fingerprint density at radius 1 is 0.907 bits per heavy atom. The Morgan fingerprint density at radius 2 is 1.58 bits per heavy atom. The van der Waals surface area contributed by atoms with Crippen molar-refractivity contribution >= 4 is 56.6 Å². The number of carbonyl (C=O) groups excluding carboxylic acids is 1. The van der Waals surface area contributed by atoms with Gasteiger partial charge in [-0.15, -0.1) is 0 Å². The van der Waals surface area contributed by atoms with Crippen LogP contribution in [0.4, 0.5) is 10.2 Å². The van der Waals surface area contributed by atoms with Gasteiger partial charge in [-0.05, 0) is 61.2 Å². The van der Waals surface area contributed by atoms with Gasteiger partial charge in [-0.3, -0.25) is 4.79 Å². The number of hydrogen-bond donors (Lipinski definition) is 0. The number of anilines is 1. The van der Waals surface area contributed by atoms with Gasteiger partial charge in [0.05, 0.1) is 15.5 Å². The number of nitrogens with zero attached hydrogens (tertiary/aromatic N) is 5. The van der Waals surface area contributed by atoms with E-state index in [-0.39, 0.29) is 38.6 Å². The number of piperazine rings is 2. The molecule has 1 aromatic heterocycles. The van der Waals surface area contributed by atoms with Gasteiger partial charge in [0.1, 0.15) is 16.8 Å². The van der Waals surface area contributed by atoms with Gasteiger partial charge in [0.15, 0.2) is 0 Å². The second kappa shape index (κ2) is 12.5. The average Bonchev–Trinajstić information content (AvgIpc) is 3.25. The van der Waals surface area contributed by atoms with Gasteiger partial charge in [0.2, 0.25) is 10.0 Å². The molecule has 1 amide bonds. The van der Waals surface area contributed by atoms with Gasteiger partial charge in [0.25, 0.3) is 5.91 Å². The number of rotatable bonds is 7. The van der Waals surface area contributed by atoms with Gasteiger partial charge in [-0.2, -0.15) is 4.31 Å². The van der Waals surface area contributed by atoms with Crippen LogP contribution in [0.15, 0.2) is 59.5 Å². The Labute approximate surface area is 266 Å². The van der Waals surface area contributed by atoms with Crippen molar-refractivity contribution in [1.29, 1.82) is 0 Å². The molecule has 4 heterocycles. The number of aromatic nitrogens is 1. The summed E-state index contributed by atoms with van der Waals surface area (Å²) >= 11 is 18.5. The van der Waals surface area contributed by atoms with E-state index >= 15 is 0 Å². The van der Waals surface area contributed by atoms with E-state index in [1.165, 1.54) is 28.1 Å². The van der Waals surface area contributed by atoms with Crippen LogP contribution in [-0.2, 0) is 16.4 Å². The highest BCUT2D eigenvalue weighted by molar-refractivity contribution is 7.89. The lowest BCUT2D eigenvalue weighted by atomic mass is 10.1. The molecule has 3 aliphatic heterocycles. The highest BCUT2D eigenvalue weighted by atomic mass is 35.5. The monoisotopic (exact) mass is 665 g/mol. The summed E-state index contributed by atoms with van der Waals surface area (Å²) in [6, 6.07) is 14.4. The number of fused-ring (bicyclic) bond motifs is 2. The average molecular weight is 667 g/mol. The molecule has 2 aromatic carbocycles. The number of hydrogen-bond acceptors (Lipinski definition) is 6. The number of halogens is 4. The molecular formula is C30H31Cl3FN5O3S. The Hall–Kier alpha value is -2.47. The van der Waals surface area contributed by atoms with Crippen LogP contribution in [0.1, 0.15) is 28.8 Å².